The summed E-state index contributed by atoms with van der Waals surface area (Å²) in [7, 11) is 1.79. The van der Waals surface area contributed by atoms with Crippen LogP contribution in [-0.4, -0.2) is 20.7 Å². The van der Waals surface area contributed by atoms with E-state index in [0.29, 0.717) is 17.3 Å². The molecule has 0 saturated heterocycles. The molecule has 1 atom stereocenters. The van der Waals surface area contributed by atoms with Gasteiger partial charge in [0.15, 0.2) is 0 Å². The largest absolute Gasteiger partial charge is 0.344 e. The molecule has 0 aliphatic heterocycles. The number of carbonyl (C=O) groups is 1. The van der Waals surface area contributed by atoms with Crippen molar-refractivity contribution in [2.75, 3.05) is 0 Å². The lowest BCUT2D eigenvalue weighted by Gasteiger charge is -2.18. The molecule has 0 radical (unpaired) electrons. The number of nitrogens with one attached hydrogen (secondary N) is 2. The Morgan fingerprint density at radius 3 is 2.83 bits per heavy atom. The van der Waals surface area contributed by atoms with Crippen molar-refractivity contribution in [3.05, 3.63) is 64.0 Å². The van der Waals surface area contributed by atoms with Gasteiger partial charge in [0.05, 0.1) is 17.3 Å². The number of amides is 1. The number of hydrogen-bond donors (Lipinski definition) is 2. The predicted molar refractivity (Wildman–Crippen MR) is 88.2 cm³/mol. The number of aromatic nitrogens is 3. The zero-order chi connectivity index (χ0) is 17.3. The summed E-state index contributed by atoms with van der Waals surface area (Å²) >= 11 is 0. The number of carbonyl (C=O) groups excluding carboxylic acids is 1. The quantitative estimate of drug-likeness (QED) is 0.771. The van der Waals surface area contributed by atoms with Crippen molar-refractivity contribution in [2.45, 2.75) is 19.4 Å². The molecular formula is C17H17FN4O2. The molecular weight excluding hydrogens is 311 g/mol. The fourth-order valence-corrected chi connectivity index (χ4v) is 2.76. The first-order valence-corrected chi connectivity index (χ1v) is 7.61. The molecule has 1 unspecified atom stereocenters. The second-order valence-corrected chi connectivity index (χ2v) is 5.55. The zero-order valence-electron chi connectivity index (χ0n) is 13.3. The third-order valence-corrected chi connectivity index (χ3v) is 3.98. The van der Waals surface area contributed by atoms with Gasteiger partial charge in [-0.1, -0.05) is 6.92 Å². The number of pyridine rings is 1. The van der Waals surface area contributed by atoms with Gasteiger partial charge in [-0.25, -0.2) is 4.39 Å². The van der Waals surface area contributed by atoms with Crippen LogP contribution < -0.4 is 10.9 Å². The van der Waals surface area contributed by atoms with Crippen LogP contribution >= 0.6 is 0 Å². The van der Waals surface area contributed by atoms with Crippen LogP contribution in [-0.2, 0) is 7.05 Å². The highest BCUT2D eigenvalue weighted by molar-refractivity contribution is 6.06. The molecule has 2 aromatic heterocycles. The smallest absolute Gasteiger partial charge is 0.252 e. The minimum absolute atomic E-state index is 0.147. The van der Waals surface area contributed by atoms with Crippen molar-refractivity contribution in [3.63, 3.8) is 0 Å². The monoisotopic (exact) mass is 328 g/mol. The first-order chi connectivity index (χ1) is 11.5. The molecule has 0 saturated carbocycles. The standard InChI is InChI=1S/C17H17FN4O2/c1-3-13(15-6-7-19-22(15)2)21-17(24)12-9-16(23)20-14-5-4-10(18)8-11(12)14/h4-9,13H,3H2,1-2H3,(H,20,23)(H,21,24). The number of aryl methyl sites for hydroxylation is 1. The molecule has 7 heteroatoms. The topological polar surface area (TPSA) is 79.8 Å². The Bertz CT molecular complexity index is 961. The van der Waals surface area contributed by atoms with E-state index in [2.05, 4.69) is 15.4 Å². The summed E-state index contributed by atoms with van der Waals surface area (Å²) in [6.45, 7) is 1.94. The molecule has 124 valence electrons. The van der Waals surface area contributed by atoms with Crippen molar-refractivity contribution >= 4 is 16.8 Å². The van der Waals surface area contributed by atoms with E-state index in [1.165, 1.54) is 24.3 Å². The van der Waals surface area contributed by atoms with Crippen molar-refractivity contribution in [1.29, 1.82) is 0 Å². The van der Waals surface area contributed by atoms with Gasteiger partial charge in [-0.15, -0.1) is 0 Å². The first kappa shape index (κ1) is 15.9. The number of aromatic amines is 1. The van der Waals surface area contributed by atoms with Crippen LogP contribution in [0.4, 0.5) is 4.39 Å². The Morgan fingerprint density at radius 2 is 2.17 bits per heavy atom. The van der Waals surface area contributed by atoms with E-state index in [-0.39, 0.29) is 11.6 Å². The molecule has 0 aliphatic rings. The Kier molecular flexibility index (Phi) is 4.16. The highest BCUT2D eigenvalue weighted by Crippen LogP contribution is 2.20. The molecule has 1 aromatic carbocycles. The van der Waals surface area contributed by atoms with Crippen LogP contribution in [0.5, 0.6) is 0 Å². The van der Waals surface area contributed by atoms with Crippen LogP contribution in [0, 0.1) is 5.82 Å². The molecule has 6 nitrogen and oxygen atoms in total. The van der Waals surface area contributed by atoms with Crippen LogP contribution in [0.1, 0.15) is 35.4 Å². The van der Waals surface area contributed by atoms with E-state index in [9.17, 15) is 14.0 Å². The van der Waals surface area contributed by atoms with Crippen molar-refractivity contribution in [1.82, 2.24) is 20.1 Å². The lowest BCUT2D eigenvalue weighted by atomic mass is 10.1. The maximum absolute atomic E-state index is 13.6. The van der Waals surface area contributed by atoms with E-state index >= 15 is 0 Å². The summed E-state index contributed by atoms with van der Waals surface area (Å²) < 4.78 is 15.2. The van der Waals surface area contributed by atoms with Gasteiger partial charge < -0.3 is 10.3 Å². The minimum Gasteiger partial charge on any atom is -0.344 e. The molecule has 2 N–H and O–H groups in total. The van der Waals surface area contributed by atoms with Crippen LogP contribution in [0.15, 0.2) is 41.3 Å². The van der Waals surface area contributed by atoms with E-state index in [0.717, 1.165) is 5.69 Å². The summed E-state index contributed by atoms with van der Waals surface area (Å²) in [5.41, 5.74) is 1.01. The fourth-order valence-electron chi connectivity index (χ4n) is 2.76. The number of benzene rings is 1. The van der Waals surface area contributed by atoms with E-state index in [1.54, 1.807) is 17.9 Å². The van der Waals surface area contributed by atoms with Gasteiger partial charge in [0.2, 0.25) is 5.56 Å². The number of rotatable bonds is 4. The molecule has 0 spiro atoms. The average Bonchev–Trinajstić information content (AvgIpc) is 2.98. The molecule has 1 amide bonds. The highest BCUT2D eigenvalue weighted by Gasteiger charge is 2.19. The number of fused-ring (bicyclic) bond motifs is 1. The van der Waals surface area contributed by atoms with Gasteiger partial charge in [0.1, 0.15) is 5.82 Å². The van der Waals surface area contributed by atoms with E-state index in [4.69, 9.17) is 0 Å². The summed E-state index contributed by atoms with van der Waals surface area (Å²) in [4.78, 5) is 27.1. The Hall–Kier alpha value is -2.96. The van der Waals surface area contributed by atoms with Crippen LogP contribution in [0.2, 0.25) is 0 Å². The summed E-state index contributed by atoms with van der Waals surface area (Å²) in [6.07, 6.45) is 2.31. The molecule has 3 rings (SSSR count). The number of hydrogen-bond acceptors (Lipinski definition) is 3. The predicted octanol–water partition coefficient (Wildman–Crippen LogP) is 2.28. The number of nitrogens with zero attached hydrogens (tertiary/aromatic N) is 2. The maximum Gasteiger partial charge on any atom is 0.252 e. The van der Waals surface area contributed by atoms with Crippen LogP contribution in [0.3, 0.4) is 0 Å². The van der Waals surface area contributed by atoms with Gasteiger partial charge in [-0.2, -0.15) is 5.10 Å². The maximum atomic E-state index is 13.6. The second-order valence-electron chi connectivity index (χ2n) is 5.55. The normalized spacial score (nSPS) is 12.3. The highest BCUT2D eigenvalue weighted by atomic mass is 19.1. The number of halogens is 1. The Morgan fingerprint density at radius 1 is 1.38 bits per heavy atom. The van der Waals surface area contributed by atoms with E-state index < -0.39 is 17.3 Å². The minimum atomic E-state index is -0.470. The molecule has 3 aromatic rings. The van der Waals surface area contributed by atoms with Crippen LogP contribution in [0.25, 0.3) is 10.9 Å². The van der Waals surface area contributed by atoms with Crippen molar-refractivity contribution in [2.24, 2.45) is 7.05 Å². The molecule has 0 bridgehead atoms. The first-order valence-electron chi connectivity index (χ1n) is 7.61. The summed E-state index contributed by atoms with van der Waals surface area (Å²) in [5, 5.41) is 7.36. The third kappa shape index (κ3) is 2.92. The number of H-pyrrole nitrogens is 1. The SMILES string of the molecule is CCC(NC(=O)c1cc(=O)[nH]c2ccc(F)cc12)c1ccnn1C. The van der Waals surface area contributed by atoms with Gasteiger partial charge in [0, 0.05) is 30.2 Å². The molecule has 0 aliphatic carbocycles. The van der Waals surface area contributed by atoms with Gasteiger partial charge in [-0.05, 0) is 30.7 Å². The fraction of sp³-hybridized carbons (Fsp3) is 0.235. The van der Waals surface area contributed by atoms with Gasteiger partial charge >= 0.3 is 0 Å². The lowest BCUT2D eigenvalue weighted by molar-refractivity contribution is 0.0935. The van der Waals surface area contributed by atoms with Gasteiger partial charge in [0.25, 0.3) is 5.91 Å². The third-order valence-electron chi connectivity index (χ3n) is 3.98. The average molecular weight is 328 g/mol. The van der Waals surface area contributed by atoms with E-state index in [1.807, 2.05) is 13.0 Å². The Labute approximate surface area is 137 Å². The molecule has 24 heavy (non-hydrogen) atoms. The molecule has 0 fully saturated rings. The Balaban J connectivity index is 2.01. The zero-order valence-corrected chi connectivity index (χ0v) is 13.3. The lowest BCUT2D eigenvalue weighted by Crippen LogP contribution is -2.30. The summed E-state index contributed by atoms with van der Waals surface area (Å²) in [5.74, 6) is -0.896. The summed E-state index contributed by atoms with van der Waals surface area (Å²) in [6, 6.07) is 6.68. The van der Waals surface area contributed by atoms with Gasteiger partial charge in [-0.3, -0.25) is 14.3 Å². The van der Waals surface area contributed by atoms with Crippen molar-refractivity contribution < 1.29 is 9.18 Å². The molecule has 2 heterocycles. The second kappa shape index (κ2) is 6.27. The van der Waals surface area contributed by atoms with Crippen molar-refractivity contribution in [3.8, 4) is 0 Å².